The zero-order valence-corrected chi connectivity index (χ0v) is 14.1. The van der Waals surface area contributed by atoms with Crippen molar-refractivity contribution < 1.29 is 14.3 Å². The number of carbonyl (C=O) groups is 2. The van der Waals surface area contributed by atoms with Gasteiger partial charge in [0.2, 0.25) is 0 Å². The van der Waals surface area contributed by atoms with Crippen LogP contribution < -0.4 is 5.32 Å². The first-order valence-corrected chi connectivity index (χ1v) is 8.60. The Morgan fingerprint density at radius 2 is 1.91 bits per heavy atom. The van der Waals surface area contributed by atoms with Crippen LogP contribution in [0.1, 0.15) is 51.5 Å². The molecule has 0 heterocycles. The second-order valence-corrected chi connectivity index (χ2v) is 6.49. The summed E-state index contributed by atoms with van der Waals surface area (Å²) in [4.78, 5) is 24.1. The number of benzene rings is 1. The fourth-order valence-electron chi connectivity index (χ4n) is 3.03. The van der Waals surface area contributed by atoms with E-state index in [0.29, 0.717) is 18.8 Å². The lowest BCUT2D eigenvalue weighted by molar-refractivity contribution is -0.155. The predicted molar refractivity (Wildman–Crippen MR) is 89.9 cm³/mol. The normalized spacial score (nSPS) is 22.2. The Hall–Kier alpha value is -1.84. The molecule has 1 aliphatic rings. The largest absolute Gasteiger partial charge is 0.453 e. The Balaban J connectivity index is 1.73. The minimum Gasteiger partial charge on any atom is -0.453 e. The number of carbonyl (C=O) groups excluding carboxylic acids is 2. The van der Waals surface area contributed by atoms with Crippen molar-refractivity contribution in [3.8, 4) is 0 Å². The van der Waals surface area contributed by atoms with E-state index in [1.165, 1.54) is 6.42 Å². The molecule has 2 rings (SSSR count). The van der Waals surface area contributed by atoms with Gasteiger partial charge in [0.1, 0.15) is 0 Å². The molecule has 1 aliphatic carbocycles. The summed E-state index contributed by atoms with van der Waals surface area (Å²) in [6.45, 7) is 3.81. The summed E-state index contributed by atoms with van der Waals surface area (Å²) in [5.74, 6) is -0.0151. The van der Waals surface area contributed by atoms with Crippen molar-refractivity contribution in [2.24, 2.45) is 5.92 Å². The molecule has 1 aromatic rings. The maximum Gasteiger partial charge on any atom is 0.306 e. The Bertz CT molecular complexity index is 515. The molecule has 1 aromatic carbocycles. The average molecular weight is 317 g/mol. The van der Waals surface area contributed by atoms with Gasteiger partial charge in [-0.05, 0) is 37.7 Å². The number of amides is 1. The van der Waals surface area contributed by atoms with Gasteiger partial charge in [-0.3, -0.25) is 9.59 Å². The summed E-state index contributed by atoms with van der Waals surface area (Å²) in [5, 5.41) is 3.03. The highest BCUT2D eigenvalue weighted by Crippen LogP contribution is 2.23. The van der Waals surface area contributed by atoms with Crippen LogP contribution in [0.15, 0.2) is 30.3 Å². The fraction of sp³-hybridized carbons (Fsp3) is 0.579. The van der Waals surface area contributed by atoms with Gasteiger partial charge in [-0.25, -0.2) is 0 Å². The van der Waals surface area contributed by atoms with E-state index >= 15 is 0 Å². The van der Waals surface area contributed by atoms with Gasteiger partial charge in [0.15, 0.2) is 6.10 Å². The van der Waals surface area contributed by atoms with Crippen LogP contribution in [-0.2, 0) is 20.7 Å². The molecule has 3 atom stereocenters. The summed E-state index contributed by atoms with van der Waals surface area (Å²) in [7, 11) is 0. The molecule has 0 radical (unpaired) electrons. The van der Waals surface area contributed by atoms with Crippen molar-refractivity contribution in [2.75, 3.05) is 0 Å². The number of nitrogens with one attached hydrogen (secondary N) is 1. The van der Waals surface area contributed by atoms with E-state index in [0.717, 1.165) is 24.8 Å². The van der Waals surface area contributed by atoms with Crippen LogP contribution in [0.25, 0.3) is 0 Å². The first kappa shape index (κ1) is 17.5. The van der Waals surface area contributed by atoms with Crippen LogP contribution in [0.4, 0.5) is 0 Å². The monoisotopic (exact) mass is 317 g/mol. The van der Waals surface area contributed by atoms with Gasteiger partial charge in [-0.1, -0.05) is 50.1 Å². The minimum absolute atomic E-state index is 0.184. The molecule has 23 heavy (non-hydrogen) atoms. The Kier molecular flexibility index (Phi) is 6.63. The van der Waals surface area contributed by atoms with Gasteiger partial charge in [0, 0.05) is 12.5 Å². The van der Waals surface area contributed by atoms with E-state index in [1.54, 1.807) is 6.92 Å². The molecule has 1 amide bonds. The first-order valence-electron chi connectivity index (χ1n) is 8.60. The van der Waals surface area contributed by atoms with E-state index in [9.17, 15) is 9.59 Å². The highest BCUT2D eigenvalue weighted by molar-refractivity contribution is 5.83. The molecule has 0 unspecified atom stereocenters. The highest BCUT2D eigenvalue weighted by Gasteiger charge is 2.26. The minimum atomic E-state index is -0.729. The third-order valence-corrected chi connectivity index (χ3v) is 4.58. The average Bonchev–Trinajstić information content (AvgIpc) is 2.56. The molecule has 0 spiro atoms. The van der Waals surface area contributed by atoms with Crippen molar-refractivity contribution in [1.82, 2.24) is 5.32 Å². The fourth-order valence-corrected chi connectivity index (χ4v) is 3.03. The van der Waals surface area contributed by atoms with E-state index < -0.39 is 6.10 Å². The third kappa shape index (κ3) is 5.70. The molecule has 0 aromatic heterocycles. The van der Waals surface area contributed by atoms with Crippen molar-refractivity contribution in [3.63, 3.8) is 0 Å². The summed E-state index contributed by atoms with van der Waals surface area (Å²) in [6, 6.07) is 10.0. The molecule has 4 nitrogen and oxygen atoms in total. The lowest BCUT2D eigenvalue weighted by atomic mass is 9.86. The van der Waals surface area contributed by atoms with Crippen molar-refractivity contribution in [1.29, 1.82) is 0 Å². The van der Waals surface area contributed by atoms with Crippen LogP contribution in [0.3, 0.4) is 0 Å². The Morgan fingerprint density at radius 1 is 1.22 bits per heavy atom. The van der Waals surface area contributed by atoms with Gasteiger partial charge in [0.05, 0.1) is 0 Å². The maximum absolute atomic E-state index is 12.2. The summed E-state index contributed by atoms with van der Waals surface area (Å²) >= 11 is 0. The molecule has 4 heteroatoms. The van der Waals surface area contributed by atoms with Crippen LogP contribution in [0.2, 0.25) is 0 Å². The Labute approximate surface area is 138 Å². The SMILES string of the molecule is C[C@@H]1CCCC[C@@H]1NC(=O)[C@@H](C)OC(=O)CCc1ccccc1. The molecule has 1 N–H and O–H groups in total. The lowest BCUT2D eigenvalue weighted by Gasteiger charge is -2.30. The van der Waals surface area contributed by atoms with Crippen LogP contribution in [-0.4, -0.2) is 24.0 Å². The number of esters is 1. The molecule has 0 saturated heterocycles. The number of hydrogen-bond donors (Lipinski definition) is 1. The van der Waals surface area contributed by atoms with E-state index in [2.05, 4.69) is 12.2 Å². The molecule has 1 saturated carbocycles. The van der Waals surface area contributed by atoms with E-state index in [-0.39, 0.29) is 17.9 Å². The van der Waals surface area contributed by atoms with Crippen LogP contribution >= 0.6 is 0 Å². The summed E-state index contributed by atoms with van der Waals surface area (Å²) < 4.78 is 5.26. The van der Waals surface area contributed by atoms with Crippen molar-refractivity contribution in [3.05, 3.63) is 35.9 Å². The first-order chi connectivity index (χ1) is 11.1. The zero-order chi connectivity index (χ0) is 16.7. The second-order valence-electron chi connectivity index (χ2n) is 6.49. The molecule has 0 aliphatic heterocycles. The van der Waals surface area contributed by atoms with Gasteiger partial charge >= 0.3 is 5.97 Å². The van der Waals surface area contributed by atoms with Crippen LogP contribution in [0, 0.1) is 5.92 Å². The summed E-state index contributed by atoms with van der Waals surface area (Å²) in [5.41, 5.74) is 1.09. The highest BCUT2D eigenvalue weighted by atomic mass is 16.5. The second kappa shape index (κ2) is 8.70. The number of aryl methyl sites for hydroxylation is 1. The quantitative estimate of drug-likeness (QED) is 0.820. The molecular weight excluding hydrogens is 290 g/mol. The molecule has 126 valence electrons. The zero-order valence-electron chi connectivity index (χ0n) is 14.1. The molecule has 0 bridgehead atoms. The molecular formula is C19H27NO3. The maximum atomic E-state index is 12.2. The van der Waals surface area contributed by atoms with Gasteiger partial charge in [0.25, 0.3) is 5.91 Å². The number of rotatable bonds is 6. The standard InChI is InChI=1S/C19H27NO3/c1-14-8-6-7-11-17(14)20-19(22)15(2)23-18(21)13-12-16-9-4-3-5-10-16/h3-5,9-10,14-15,17H,6-8,11-13H2,1-2H3,(H,20,22)/t14-,15-,17+/m1/s1. The van der Waals surface area contributed by atoms with Gasteiger partial charge in [-0.15, -0.1) is 0 Å². The molecule has 1 fully saturated rings. The lowest BCUT2D eigenvalue weighted by Crippen LogP contribution is -2.46. The number of hydrogen-bond acceptors (Lipinski definition) is 3. The van der Waals surface area contributed by atoms with E-state index in [1.807, 2.05) is 30.3 Å². The Morgan fingerprint density at radius 3 is 2.61 bits per heavy atom. The number of ether oxygens (including phenoxy) is 1. The summed E-state index contributed by atoms with van der Waals surface area (Å²) in [6.07, 6.45) is 4.75. The van der Waals surface area contributed by atoms with Gasteiger partial charge in [-0.2, -0.15) is 0 Å². The van der Waals surface area contributed by atoms with Crippen molar-refractivity contribution >= 4 is 11.9 Å². The van der Waals surface area contributed by atoms with E-state index in [4.69, 9.17) is 4.74 Å². The van der Waals surface area contributed by atoms with Crippen molar-refractivity contribution in [2.45, 2.75) is 64.5 Å². The predicted octanol–water partition coefficient (Wildman–Crippen LogP) is 3.25. The topological polar surface area (TPSA) is 55.4 Å². The smallest absolute Gasteiger partial charge is 0.306 e. The van der Waals surface area contributed by atoms with Crippen LogP contribution in [0.5, 0.6) is 0 Å². The van der Waals surface area contributed by atoms with Gasteiger partial charge < -0.3 is 10.1 Å². The third-order valence-electron chi connectivity index (χ3n) is 4.58.